The number of methoxy groups -OCH3 is 1. The number of nitrogens with zero attached hydrogens (tertiary/aromatic N) is 2. The van der Waals surface area contributed by atoms with Crippen LogP contribution in [0.15, 0.2) is 24.3 Å². The number of ether oxygens (including phenoxy) is 1. The molecule has 1 aromatic rings. The second kappa shape index (κ2) is 10.4. The predicted molar refractivity (Wildman–Crippen MR) is 121 cm³/mol. The van der Waals surface area contributed by atoms with Gasteiger partial charge in [0.1, 0.15) is 11.8 Å². The van der Waals surface area contributed by atoms with Crippen LogP contribution in [0.1, 0.15) is 61.7 Å². The fourth-order valence-corrected chi connectivity index (χ4v) is 5.37. The Kier molecular flexibility index (Phi) is 7.33. The smallest absolute Gasteiger partial charge is 0.251 e. The Morgan fingerprint density at radius 3 is 2.09 bits per heavy atom. The zero-order chi connectivity index (χ0) is 22.5. The maximum Gasteiger partial charge on any atom is 0.251 e. The number of amides is 3. The average Bonchev–Trinajstić information content (AvgIpc) is 3.56. The summed E-state index contributed by atoms with van der Waals surface area (Å²) in [6, 6.07) is 6.38. The number of carbonyl (C=O) groups is 3. The number of nitrogens with one attached hydrogen (secondary N) is 1. The number of benzene rings is 1. The van der Waals surface area contributed by atoms with Crippen LogP contribution in [-0.4, -0.2) is 66.9 Å². The van der Waals surface area contributed by atoms with Crippen molar-refractivity contribution in [1.82, 2.24) is 15.1 Å². The number of hydrogen-bond acceptors (Lipinski definition) is 4. The van der Waals surface area contributed by atoms with Gasteiger partial charge in [-0.05, 0) is 68.7 Å². The van der Waals surface area contributed by atoms with Crippen molar-refractivity contribution in [1.29, 1.82) is 0 Å². The molecule has 174 valence electrons. The minimum absolute atomic E-state index is 0.0185. The van der Waals surface area contributed by atoms with Gasteiger partial charge < -0.3 is 19.9 Å². The molecular weight excluding hydrogens is 406 g/mol. The summed E-state index contributed by atoms with van der Waals surface area (Å²) < 4.78 is 5.17. The lowest BCUT2D eigenvalue weighted by Gasteiger charge is -2.38. The molecule has 0 aromatic heterocycles. The third kappa shape index (κ3) is 5.08. The summed E-state index contributed by atoms with van der Waals surface area (Å²) in [6.07, 6.45) is 7.82. The van der Waals surface area contributed by atoms with Crippen molar-refractivity contribution in [2.75, 3.05) is 33.3 Å². The second-order valence-electron chi connectivity index (χ2n) is 9.36. The number of carbonyl (C=O) groups excluding carboxylic acids is 3. The molecular formula is C25H35N3O4. The van der Waals surface area contributed by atoms with Crippen LogP contribution in [0, 0.1) is 11.8 Å². The first-order valence-electron chi connectivity index (χ1n) is 12.1. The van der Waals surface area contributed by atoms with Crippen molar-refractivity contribution >= 4 is 17.7 Å². The quantitative estimate of drug-likeness (QED) is 0.736. The van der Waals surface area contributed by atoms with Crippen molar-refractivity contribution in [2.45, 2.75) is 57.4 Å². The molecule has 1 N–H and O–H groups in total. The van der Waals surface area contributed by atoms with E-state index < -0.39 is 6.04 Å². The van der Waals surface area contributed by atoms with Crippen LogP contribution in [0.25, 0.3) is 0 Å². The van der Waals surface area contributed by atoms with E-state index in [0.717, 1.165) is 64.5 Å². The number of rotatable bonds is 6. The van der Waals surface area contributed by atoms with E-state index in [9.17, 15) is 14.4 Å². The molecule has 2 aliphatic heterocycles. The normalized spacial score (nSPS) is 20.9. The van der Waals surface area contributed by atoms with E-state index in [-0.39, 0.29) is 29.6 Å². The van der Waals surface area contributed by atoms with E-state index in [0.29, 0.717) is 24.4 Å². The van der Waals surface area contributed by atoms with Crippen LogP contribution in [0.4, 0.5) is 0 Å². The van der Waals surface area contributed by atoms with Gasteiger partial charge in [-0.25, -0.2) is 0 Å². The topological polar surface area (TPSA) is 79.0 Å². The summed E-state index contributed by atoms with van der Waals surface area (Å²) in [4.78, 5) is 43.0. The van der Waals surface area contributed by atoms with Crippen molar-refractivity contribution in [3.8, 4) is 5.75 Å². The van der Waals surface area contributed by atoms with Crippen molar-refractivity contribution in [2.24, 2.45) is 11.8 Å². The largest absolute Gasteiger partial charge is 0.497 e. The van der Waals surface area contributed by atoms with Gasteiger partial charge in [0.2, 0.25) is 11.8 Å². The number of likely N-dealkylation sites (tertiary alicyclic amines) is 2. The first-order valence-corrected chi connectivity index (χ1v) is 12.1. The molecule has 0 bridgehead atoms. The fourth-order valence-electron chi connectivity index (χ4n) is 5.37. The van der Waals surface area contributed by atoms with Crippen LogP contribution in [0.5, 0.6) is 5.75 Å². The fraction of sp³-hybridized carbons (Fsp3) is 0.640. The molecule has 1 saturated carbocycles. The highest BCUT2D eigenvalue weighted by Crippen LogP contribution is 2.30. The van der Waals surface area contributed by atoms with E-state index >= 15 is 0 Å². The zero-order valence-electron chi connectivity index (χ0n) is 19.1. The standard InChI is InChI=1S/C25H35N3O4/c1-32-21-10-8-19(9-11-21)23(29)26-22(25(31)27-14-4-5-15-27)18-12-16-28(17-13-18)24(30)20-6-2-3-7-20/h8-11,18,20,22H,2-7,12-17H2,1H3,(H,26,29)/t22-/m0/s1. The van der Waals surface area contributed by atoms with E-state index in [1.165, 1.54) is 0 Å². The Morgan fingerprint density at radius 2 is 1.50 bits per heavy atom. The molecule has 3 fully saturated rings. The van der Waals surface area contributed by atoms with Crippen LogP contribution in [0.2, 0.25) is 0 Å². The molecule has 3 aliphatic rings. The van der Waals surface area contributed by atoms with Gasteiger partial charge in [0.15, 0.2) is 0 Å². The summed E-state index contributed by atoms with van der Waals surface area (Å²) in [6.45, 7) is 2.85. The van der Waals surface area contributed by atoms with E-state index in [4.69, 9.17) is 4.74 Å². The molecule has 2 heterocycles. The molecule has 0 radical (unpaired) electrons. The average molecular weight is 442 g/mol. The van der Waals surface area contributed by atoms with Crippen molar-refractivity contribution in [3.05, 3.63) is 29.8 Å². The van der Waals surface area contributed by atoms with Gasteiger partial charge in [-0.15, -0.1) is 0 Å². The molecule has 3 amide bonds. The molecule has 1 atom stereocenters. The molecule has 7 nitrogen and oxygen atoms in total. The summed E-state index contributed by atoms with van der Waals surface area (Å²) >= 11 is 0. The maximum absolute atomic E-state index is 13.3. The van der Waals surface area contributed by atoms with Crippen molar-refractivity contribution in [3.63, 3.8) is 0 Å². The molecule has 1 aromatic carbocycles. The third-order valence-corrected chi connectivity index (χ3v) is 7.35. The van der Waals surface area contributed by atoms with E-state index in [2.05, 4.69) is 5.32 Å². The third-order valence-electron chi connectivity index (χ3n) is 7.35. The Hall–Kier alpha value is -2.57. The molecule has 32 heavy (non-hydrogen) atoms. The highest BCUT2D eigenvalue weighted by Gasteiger charge is 2.38. The number of piperidine rings is 1. The van der Waals surface area contributed by atoms with Crippen LogP contribution < -0.4 is 10.1 Å². The first kappa shape index (κ1) is 22.6. The van der Waals surface area contributed by atoms with Crippen LogP contribution in [-0.2, 0) is 9.59 Å². The zero-order valence-corrected chi connectivity index (χ0v) is 19.1. The Morgan fingerprint density at radius 1 is 0.875 bits per heavy atom. The number of hydrogen-bond donors (Lipinski definition) is 1. The van der Waals surface area contributed by atoms with E-state index in [1.54, 1.807) is 31.4 Å². The van der Waals surface area contributed by atoms with Crippen LogP contribution >= 0.6 is 0 Å². The highest BCUT2D eigenvalue weighted by molar-refractivity contribution is 5.97. The molecule has 4 rings (SSSR count). The summed E-state index contributed by atoms with van der Waals surface area (Å²) in [5.74, 6) is 0.969. The van der Waals surface area contributed by atoms with Gasteiger partial charge in [-0.2, -0.15) is 0 Å². The predicted octanol–water partition coefficient (Wildman–Crippen LogP) is 2.84. The Balaban J connectivity index is 1.42. The van der Waals surface area contributed by atoms with Crippen LogP contribution in [0.3, 0.4) is 0 Å². The first-order chi connectivity index (χ1) is 15.6. The van der Waals surface area contributed by atoms with Gasteiger partial charge in [0.25, 0.3) is 5.91 Å². The monoisotopic (exact) mass is 441 g/mol. The van der Waals surface area contributed by atoms with Crippen molar-refractivity contribution < 1.29 is 19.1 Å². The maximum atomic E-state index is 13.3. The Labute approximate surface area is 190 Å². The van der Waals surface area contributed by atoms with E-state index in [1.807, 2.05) is 9.80 Å². The lowest BCUT2D eigenvalue weighted by Crippen LogP contribution is -2.54. The summed E-state index contributed by atoms with van der Waals surface area (Å²) in [5, 5.41) is 3.04. The van der Waals surface area contributed by atoms with Gasteiger partial charge in [-0.3, -0.25) is 14.4 Å². The minimum atomic E-state index is -0.550. The molecule has 2 saturated heterocycles. The van der Waals surface area contributed by atoms with Gasteiger partial charge in [-0.1, -0.05) is 12.8 Å². The highest BCUT2D eigenvalue weighted by atomic mass is 16.5. The summed E-state index contributed by atoms with van der Waals surface area (Å²) in [5.41, 5.74) is 0.513. The molecule has 0 spiro atoms. The summed E-state index contributed by atoms with van der Waals surface area (Å²) in [7, 11) is 1.59. The SMILES string of the molecule is COc1ccc(C(=O)N[C@H](C(=O)N2CCCC2)C2CCN(C(=O)C3CCCC3)CC2)cc1. The molecule has 0 unspecified atom stereocenters. The van der Waals surface area contributed by atoms with Gasteiger partial charge in [0.05, 0.1) is 7.11 Å². The lowest BCUT2D eigenvalue weighted by molar-refractivity contribution is -0.138. The van der Waals surface area contributed by atoms with Gasteiger partial charge in [0, 0.05) is 37.7 Å². The van der Waals surface area contributed by atoms with Gasteiger partial charge >= 0.3 is 0 Å². The Bertz CT molecular complexity index is 805. The second-order valence-corrected chi connectivity index (χ2v) is 9.36. The molecule has 7 heteroatoms. The lowest BCUT2D eigenvalue weighted by atomic mass is 9.87. The minimum Gasteiger partial charge on any atom is -0.497 e. The molecule has 1 aliphatic carbocycles.